The van der Waals surface area contributed by atoms with Crippen molar-refractivity contribution in [2.45, 2.75) is 25.2 Å². The Morgan fingerprint density at radius 1 is 1.44 bits per heavy atom. The number of hydrogen-bond donors (Lipinski definition) is 1. The summed E-state index contributed by atoms with van der Waals surface area (Å²) in [5.74, 6) is -1.17. The molecule has 1 aromatic rings. The molecular formula is C13H15BrO2. The van der Waals surface area contributed by atoms with E-state index in [0.29, 0.717) is 6.42 Å². The smallest absolute Gasteiger partial charge is 0.310 e. The van der Waals surface area contributed by atoms with E-state index in [2.05, 4.69) is 22.5 Å². The van der Waals surface area contributed by atoms with E-state index in [0.717, 1.165) is 22.9 Å². The van der Waals surface area contributed by atoms with Crippen molar-refractivity contribution in [2.24, 2.45) is 0 Å². The van der Waals surface area contributed by atoms with Crippen molar-refractivity contribution in [3.8, 4) is 0 Å². The maximum absolute atomic E-state index is 11.1. The van der Waals surface area contributed by atoms with Crippen LogP contribution in [-0.2, 0) is 4.79 Å². The first-order valence-electron chi connectivity index (χ1n) is 5.24. The van der Waals surface area contributed by atoms with E-state index in [1.54, 1.807) is 0 Å². The Kier molecular flexibility index (Phi) is 5.26. The molecule has 0 saturated carbocycles. The topological polar surface area (TPSA) is 37.3 Å². The average Bonchev–Trinajstić information content (AvgIpc) is 2.26. The Morgan fingerprint density at radius 2 is 2.06 bits per heavy atom. The summed E-state index contributed by atoms with van der Waals surface area (Å²) in [5.41, 5.74) is 0.861. The lowest BCUT2D eigenvalue weighted by atomic mass is 9.94. The molecule has 16 heavy (non-hydrogen) atoms. The van der Waals surface area contributed by atoms with E-state index in [1.807, 2.05) is 30.3 Å². The highest BCUT2D eigenvalue weighted by Gasteiger charge is 2.18. The standard InChI is InChI=1S/C13H15BrO2/c1-2-3-4-5-12(13(15)16)10-6-8-11(14)9-7-10/h2,6-9,12H,1,3-5H2,(H,15,16). The fourth-order valence-electron chi connectivity index (χ4n) is 1.59. The van der Waals surface area contributed by atoms with Crippen molar-refractivity contribution in [1.29, 1.82) is 0 Å². The second-order valence-corrected chi connectivity index (χ2v) is 4.58. The highest BCUT2D eigenvalue weighted by Crippen LogP contribution is 2.24. The highest BCUT2D eigenvalue weighted by molar-refractivity contribution is 9.10. The summed E-state index contributed by atoms with van der Waals surface area (Å²) >= 11 is 3.33. The number of carbonyl (C=O) groups is 1. The van der Waals surface area contributed by atoms with E-state index < -0.39 is 11.9 Å². The minimum atomic E-state index is -0.758. The molecule has 0 aliphatic carbocycles. The minimum Gasteiger partial charge on any atom is -0.481 e. The number of carboxylic acid groups (broad SMARTS) is 1. The van der Waals surface area contributed by atoms with E-state index >= 15 is 0 Å². The summed E-state index contributed by atoms with van der Waals surface area (Å²) in [6.45, 7) is 3.63. The molecule has 1 rings (SSSR count). The first-order chi connectivity index (χ1) is 7.65. The van der Waals surface area contributed by atoms with Crippen molar-refractivity contribution in [3.63, 3.8) is 0 Å². The van der Waals surface area contributed by atoms with Gasteiger partial charge < -0.3 is 5.11 Å². The predicted molar refractivity (Wildman–Crippen MR) is 68.6 cm³/mol. The molecule has 86 valence electrons. The van der Waals surface area contributed by atoms with Gasteiger partial charge >= 0.3 is 5.97 Å². The number of halogens is 1. The predicted octanol–water partition coefficient (Wildman–Crippen LogP) is 3.97. The van der Waals surface area contributed by atoms with Crippen LogP contribution in [0.5, 0.6) is 0 Å². The molecule has 1 N–H and O–H groups in total. The molecule has 3 heteroatoms. The van der Waals surface area contributed by atoms with Crippen LogP contribution >= 0.6 is 15.9 Å². The fourth-order valence-corrected chi connectivity index (χ4v) is 1.86. The van der Waals surface area contributed by atoms with Crippen LogP contribution in [0.25, 0.3) is 0 Å². The van der Waals surface area contributed by atoms with Crippen molar-refractivity contribution in [1.82, 2.24) is 0 Å². The molecule has 1 aromatic carbocycles. The minimum absolute atomic E-state index is 0.409. The Bertz CT molecular complexity index is 357. The van der Waals surface area contributed by atoms with Crippen LogP contribution in [0.4, 0.5) is 0 Å². The van der Waals surface area contributed by atoms with Gasteiger partial charge in [-0.3, -0.25) is 4.79 Å². The molecule has 0 aromatic heterocycles. The Balaban J connectivity index is 2.73. The number of unbranched alkanes of at least 4 members (excludes halogenated alkanes) is 1. The van der Waals surface area contributed by atoms with Crippen LogP contribution < -0.4 is 0 Å². The van der Waals surface area contributed by atoms with Crippen molar-refractivity contribution in [2.75, 3.05) is 0 Å². The van der Waals surface area contributed by atoms with Gasteiger partial charge in [-0.2, -0.15) is 0 Å². The molecule has 0 spiro atoms. The molecular weight excluding hydrogens is 268 g/mol. The first kappa shape index (κ1) is 13.0. The molecule has 0 amide bonds. The SMILES string of the molecule is C=CCCCC(C(=O)O)c1ccc(Br)cc1. The Labute approximate surface area is 104 Å². The van der Waals surface area contributed by atoms with Crippen molar-refractivity contribution in [3.05, 3.63) is 47.0 Å². The number of rotatable bonds is 6. The first-order valence-corrected chi connectivity index (χ1v) is 6.03. The summed E-state index contributed by atoms with van der Waals surface area (Å²) in [6.07, 6.45) is 4.19. The van der Waals surface area contributed by atoms with Gasteiger partial charge in [-0.05, 0) is 37.0 Å². The van der Waals surface area contributed by atoms with Gasteiger partial charge in [0.15, 0.2) is 0 Å². The van der Waals surface area contributed by atoms with E-state index in [1.165, 1.54) is 0 Å². The van der Waals surface area contributed by atoms with Gasteiger partial charge in [-0.1, -0.05) is 34.1 Å². The third-order valence-electron chi connectivity index (χ3n) is 2.47. The van der Waals surface area contributed by atoms with Gasteiger partial charge in [0, 0.05) is 4.47 Å². The normalized spacial score (nSPS) is 12.1. The molecule has 0 bridgehead atoms. The molecule has 0 aliphatic heterocycles. The average molecular weight is 283 g/mol. The quantitative estimate of drug-likeness (QED) is 0.633. The summed E-state index contributed by atoms with van der Waals surface area (Å²) in [4.78, 5) is 11.1. The Morgan fingerprint density at radius 3 is 2.56 bits per heavy atom. The lowest BCUT2D eigenvalue weighted by Crippen LogP contribution is -2.11. The van der Waals surface area contributed by atoms with Crippen LogP contribution in [-0.4, -0.2) is 11.1 Å². The van der Waals surface area contributed by atoms with Gasteiger partial charge in [-0.15, -0.1) is 6.58 Å². The molecule has 0 radical (unpaired) electrons. The van der Waals surface area contributed by atoms with Crippen LogP contribution in [0, 0.1) is 0 Å². The molecule has 1 atom stereocenters. The van der Waals surface area contributed by atoms with Gasteiger partial charge in [0.2, 0.25) is 0 Å². The van der Waals surface area contributed by atoms with Gasteiger partial charge in [-0.25, -0.2) is 0 Å². The molecule has 0 aliphatic rings. The molecule has 2 nitrogen and oxygen atoms in total. The van der Waals surface area contributed by atoms with Crippen LogP contribution in [0.15, 0.2) is 41.4 Å². The monoisotopic (exact) mass is 282 g/mol. The highest BCUT2D eigenvalue weighted by atomic mass is 79.9. The second kappa shape index (κ2) is 6.48. The third kappa shape index (κ3) is 3.81. The summed E-state index contributed by atoms with van der Waals surface area (Å²) in [7, 11) is 0. The zero-order valence-corrected chi connectivity index (χ0v) is 10.6. The Hall–Kier alpha value is -1.09. The lowest BCUT2D eigenvalue weighted by Gasteiger charge is -2.12. The zero-order chi connectivity index (χ0) is 12.0. The number of carboxylic acids is 1. The maximum atomic E-state index is 11.1. The van der Waals surface area contributed by atoms with Crippen molar-refractivity contribution < 1.29 is 9.90 Å². The van der Waals surface area contributed by atoms with Gasteiger partial charge in [0.25, 0.3) is 0 Å². The number of allylic oxidation sites excluding steroid dienone is 1. The van der Waals surface area contributed by atoms with Gasteiger partial charge in [0.1, 0.15) is 0 Å². The molecule has 0 heterocycles. The largest absolute Gasteiger partial charge is 0.481 e. The maximum Gasteiger partial charge on any atom is 0.310 e. The number of benzene rings is 1. The zero-order valence-electron chi connectivity index (χ0n) is 9.03. The fraction of sp³-hybridized carbons (Fsp3) is 0.308. The second-order valence-electron chi connectivity index (χ2n) is 3.66. The van der Waals surface area contributed by atoms with Crippen LogP contribution in [0.1, 0.15) is 30.7 Å². The van der Waals surface area contributed by atoms with E-state index in [4.69, 9.17) is 5.11 Å². The third-order valence-corrected chi connectivity index (χ3v) is 3.00. The van der Waals surface area contributed by atoms with Crippen LogP contribution in [0.2, 0.25) is 0 Å². The summed E-state index contributed by atoms with van der Waals surface area (Å²) in [5, 5.41) is 9.16. The van der Waals surface area contributed by atoms with Gasteiger partial charge in [0.05, 0.1) is 5.92 Å². The van der Waals surface area contributed by atoms with Crippen LogP contribution in [0.3, 0.4) is 0 Å². The summed E-state index contributed by atoms with van der Waals surface area (Å²) in [6, 6.07) is 7.46. The molecule has 0 saturated heterocycles. The van der Waals surface area contributed by atoms with E-state index in [9.17, 15) is 4.79 Å². The van der Waals surface area contributed by atoms with Crippen molar-refractivity contribution >= 4 is 21.9 Å². The molecule has 0 fully saturated rings. The molecule has 1 unspecified atom stereocenters. The number of hydrogen-bond acceptors (Lipinski definition) is 1. The number of aliphatic carboxylic acids is 1. The van der Waals surface area contributed by atoms with E-state index in [-0.39, 0.29) is 0 Å². The summed E-state index contributed by atoms with van der Waals surface area (Å²) < 4.78 is 0.964. The lowest BCUT2D eigenvalue weighted by molar-refractivity contribution is -0.139.